The molecule has 0 radical (unpaired) electrons. The van der Waals surface area contributed by atoms with Crippen molar-refractivity contribution in [2.24, 2.45) is 0 Å². The maximum absolute atomic E-state index is 13.8. The van der Waals surface area contributed by atoms with Crippen LogP contribution >= 0.6 is 0 Å². The molecule has 5 rings (SSSR count). The first-order chi connectivity index (χ1) is 24.4. The van der Waals surface area contributed by atoms with E-state index in [1.165, 1.54) is 12.1 Å². The van der Waals surface area contributed by atoms with Crippen LogP contribution in [0.4, 0.5) is 14.0 Å². The third-order valence-corrected chi connectivity index (χ3v) is 8.42. The lowest BCUT2D eigenvalue weighted by atomic mass is 10.2. The summed E-state index contributed by atoms with van der Waals surface area (Å²) in [7, 11) is 0. The quantitative estimate of drug-likeness (QED) is 0.171. The molecule has 1 aliphatic heterocycles. The molecule has 264 valence electrons. The van der Waals surface area contributed by atoms with Crippen molar-refractivity contribution in [3.63, 3.8) is 0 Å². The number of esters is 1. The smallest absolute Gasteiger partial charge is 0.410 e. The molecule has 2 heterocycles. The van der Waals surface area contributed by atoms with Crippen molar-refractivity contribution in [3.05, 3.63) is 114 Å². The van der Waals surface area contributed by atoms with E-state index in [9.17, 15) is 18.8 Å². The molecule has 12 heteroatoms. The van der Waals surface area contributed by atoms with Crippen molar-refractivity contribution >= 4 is 29.1 Å². The molecular formula is C38H44FN5O6. The number of fused-ring (bicyclic) bond motifs is 1. The summed E-state index contributed by atoms with van der Waals surface area (Å²) in [5.74, 6) is -0.706. The van der Waals surface area contributed by atoms with Gasteiger partial charge in [-0.15, -0.1) is 0 Å². The SMILES string of the molecule is CCOC(=O)CN1CCN(C(=O)OCc2ccccc2)CCN(Cc2ccc3cc(F)ccc3n2)CCN(C(=O)OCc2ccccc2)CC1. The first-order valence-corrected chi connectivity index (χ1v) is 16.9. The lowest BCUT2D eigenvalue weighted by molar-refractivity contribution is -0.144. The molecule has 50 heavy (non-hydrogen) atoms. The molecule has 0 N–H and O–H groups in total. The normalized spacial score (nSPS) is 15.2. The van der Waals surface area contributed by atoms with Crippen LogP contribution in [-0.2, 0) is 38.8 Å². The van der Waals surface area contributed by atoms with Crippen LogP contribution in [0.3, 0.4) is 0 Å². The second kappa shape index (κ2) is 18.6. The minimum absolute atomic E-state index is 0.0112. The molecule has 0 bridgehead atoms. The molecule has 1 saturated heterocycles. The first-order valence-electron chi connectivity index (χ1n) is 16.9. The number of pyridine rings is 1. The minimum Gasteiger partial charge on any atom is -0.465 e. The zero-order valence-corrected chi connectivity index (χ0v) is 28.4. The third kappa shape index (κ3) is 11.2. The fourth-order valence-corrected chi connectivity index (χ4v) is 5.64. The number of amides is 2. The summed E-state index contributed by atoms with van der Waals surface area (Å²) in [6.45, 7) is 5.58. The Labute approximate surface area is 292 Å². The average Bonchev–Trinajstić information content (AvgIpc) is 3.12. The predicted molar refractivity (Wildman–Crippen MR) is 186 cm³/mol. The summed E-state index contributed by atoms with van der Waals surface area (Å²) >= 11 is 0. The lowest BCUT2D eigenvalue weighted by Gasteiger charge is -2.33. The van der Waals surface area contributed by atoms with Crippen molar-refractivity contribution in [1.82, 2.24) is 24.6 Å². The molecule has 0 unspecified atom stereocenters. The zero-order chi connectivity index (χ0) is 35.1. The van der Waals surface area contributed by atoms with Crippen molar-refractivity contribution in [2.75, 3.05) is 65.5 Å². The largest absolute Gasteiger partial charge is 0.465 e. The topological polar surface area (TPSA) is 105 Å². The predicted octanol–water partition coefficient (Wildman–Crippen LogP) is 5.33. The van der Waals surface area contributed by atoms with Gasteiger partial charge in [0.1, 0.15) is 19.0 Å². The molecule has 4 aromatic rings. The number of halogens is 1. The van der Waals surface area contributed by atoms with Gasteiger partial charge in [-0.25, -0.2) is 14.0 Å². The minimum atomic E-state index is -0.459. The average molecular weight is 686 g/mol. The Morgan fingerprint density at radius 1 is 0.660 bits per heavy atom. The van der Waals surface area contributed by atoms with E-state index in [0.29, 0.717) is 69.8 Å². The van der Waals surface area contributed by atoms with Crippen LogP contribution in [0.1, 0.15) is 23.7 Å². The Hall–Kier alpha value is -5.07. The molecule has 1 fully saturated rings. The fraction of sp³-hybridized carbons (Fsp3) is 0.368. The van der Waals surface area contributed by atoms with Gasteiger partial charge in [0.2, 0.25) is 0 Å². The summed E-state index contributed by atoms with van der Waals surface area (Å²) in [5, 5.41) is 0.703. The van der Waals surface area contributed by atoms with Gasteiger partial charge in [0.15, 0.2) is 0 Å². The lowest BCUT2D eigenvalue weighted by Crippen LogP contribution is -2.49. The van der Waals surface area contributed by atoms with E-state index in [0.717, 1.165) is 16.8 Å². The Morgan fingerprint density at radius 3 is 1.74 bits per heavy atom. The number of hydrogen-bond donors (Lipinski definition) is 0. The molecule has 1 aromatic heterocycles. The van der Waals surface area contributed by atoms with Crippen LogP contribution in [0.2, 0.25) is 0 Å². The van der Waals surface area contributed by atoms with Crippen molar-refractivity contribution < 1.29 is 33.0 Å². The van der Waals surface area contributed by atoms with Gasteiger partial charge in [0.05, 0.1) is 24.4 Å². The highest BCUT2D eigenvalue weighted by Gasteiger charge is 2.24. The highest BCUT2D eigenvalue weighted by Crippen LogP contribution is 2.16. The van der Waals surface area contributed by atoms with Crippen molar-refractivity contribution in [1.29, 1.82) is 0 Å². The monoisotopic (exact) mass is 685 g/mol. The van der Waals surface area contributed by atoms with Gasteiger partial charge in [0, 0.05) is 64.3 Å². The standard InChI is InChI=1S/C38H44FN5O6/c1-2-48-36(45)27-42-19-23-43(37(46)49-28-30-9-5-3-6-10-30)21-17-41(26-34-15-13-32-25-33(39)14-16-35(32)40-34)18-22-44(24-20-42)38(47)50-29-31-11-7-4-8-12-31/h3-16,25H,2,17-24,26-29H2,1H3. The Morgan fingerprint density at radius 2 is 1.20 bits per heavy atom. The van der Waals surface area contributed by atoms with Crippen LogP contribution in [0.15, 0.2) is 91.0 Å². The van der Waals surface area contributed by atoms with Crippen LogP contribution in [0.5, 0.6) is 0 Å². The van der Waals surface area contributed by atoms with E-state index in [4.69, 9.17) is 19.2 Å². The van der Waals surface area contributed by atoms with Gasteiger partial charge in [0.25, 0.3) is 0 Å². The molecule has 2 amide bonds. The Bertz CT molecular complexity index is 1620. The van der Waals surface area contributed by atoms with E-state index in [-0.39, 0.29) is 38.2 Å². The van der Waals surface area contributed by atoms with Crippen LogP contribution < -0.4 is 0 Å². The Kier molecular flexibility index (Phi) is 13.5. The zero-order valence-electron chi connectivity index (χ0n) is 28.4. The number of ether oxygens (including phenoxy) is 3. The molecule has 0 atom stereocenters. The van der Waals surface area contributed by atoms with E-state index in [2.05, 4.69) is 4.90 Å². The van der Waals surface area contributed by atoms with Gasteiger partial charge in [-0.3, -0.25) is 19.6 Å². The number of nitrogens with zero attached hydrogens (tertiary/aromatic N) is 5. The van der Waals surface area contributed by atoms with Crippen LogP contribution in [0, 0.1) is 5.82 Å². The van der Waals surface area contributed by atoms with E-state index < -0.39 is 12.2 Å². The maximum Gasteiger partial charge on any atom is 0.410 e. The van der Waals surface area contributed by atoms with Gasteiger partial charge in [-0.2, -0.15) is 0 Å². The first kappa shape index (κ1) is 36.2. The molecular weight excluding hydrogens is 641 g/mol. The number of carbonyl (C=O) groups is 3. The maximum atomic E-state index is 13.8. The molecule has 11 nitrogen and oxygen atoms in total. The second-order valence-electron chi connectivity index (χ2n) is 12.1. The molecule has 0 saturated carbocycles. The van der Waals surface area contributed by atoms with Gasteiger partial charge < -0.3 is 24.0 Å². The van der Waals surface area contributed by atoms with Crippen LogP contribution in [-0.4, -0.2) is 108 Å². The number of carbonyl (C=O) groups excluding carboxylic acids is 3. The number of aromatic nitrogens is 1. The fourth-order valence-electron chi connectivity index (χ4n) is 5.64. The summed E-state index contributed by atoms with van der Waals surface area (Å²) in [4.78, 5) is 51.5. The summed E-state index contributed by atoms with van der Waals surface area (Å²) in [6.07, 6.45) is -0.919. The molecule has 1 aliphatic rings. The van der Waals surface area contributed by atoms with Gasteiger partial charge in [-0.05, 0) is 42.3 Å². The van der Waals surface area contributed by atoms with Crippen molar-refractivity contribution in [3.8, 4) is 0 Å². The number of hydrogen-bond acceptors (Lipinski definition) is 9. The summed E-state index contributed by atoms with van der Waals surface area (Å²) in [6, 6.07) is 27.2. The van der Waals surface area contributed by atoms with Gasteiger partial charge >= 0.3 is 18.2 Å². The number of benzene rings is 3. The van der Waals surface area contributed by atoms with E-state index >= 15 is 0 Å². The van der Waals surface area contributed by atoms with E-state index in [1.54, 1.807) is 22.8 Å². The van der Waals surface area contributed by atoms with Gasteiger partial charge in [-0.1, -0.05) is 66.7 Å². The Balaban J connectivity index is 1.35. The second-order valence-corrected chi connectivity index (χ2v) is 12.1. The summed E-state index contributed by atoms with van der Waals surface area (Å²) in [5.41, 5.74) is 3.20. The highest BCUT2D eigenvalue weighted by molar-refractivity contribution is 5.78. The molecule has 0 aliphatic carbocycles. The summed E-state index contributed by atoms with van der Waals surface area (Å²) < 4.78 is 30.5. The third-order valence-electron chi connectivity index (χ3n) is 8.42. The molecule has 0 spiro atoms. The van der Waals surface area contributed by atoms with Crippen LogP contribution in [0.25, 0.3) is 10.9 Å². The highest BCUT2D eigenvalue weighted by atomic mass is 19.1. The number of rotatable bonds is 9. The van der Waals surface area contributed by atoms with E-state index in [1.807, 2.05) is 77.7 Å². The van der Waals surface area contributed by atoms with Crippen molar-refractivity contribution in [2.45, 2.75) is 26.7 Å². The molecule has 3 aromatic carbocycles.